The van der Waals surface area contributed by atoms with Crippen LogP contribution in [0, 0.1) is 11.6 Å². The Balaban J connectivity index is 1.69. The Hall–Kier alpha value is -2.45. The van der Waals surface area contributed by atoms with Gasteiger partial charge in [-0.25, -0.2) is 18.6 Å². The van der Waals surface area contributed by atoms with Crippen LogP contribution in [0.15, 0.2) is 52.9 Å². The van der Waals surface area contributed by atoms with Crippen LogP contribution in [0.25, 0.3) is 10.6 Å². The number of anilines is 1. The number of aromatic nitrogens is 1. The molecule has 122 valence electrons. The van der Waals surface area contributed by atoms with Gasteiger partial charge in [0.1, 0.15) is 20.9 Å². The molecule has 0 aliphatic carbocycles. The van der Waals surface area contributed by atoms with Crippen molar-refractivity contribution >= 4 is 34.9 Å². The van der Waals surface area contributed by atoms with Gasteiger partial charge in [0, 0.05) is 5.56 Å². The molecular formula is C16H10F2N2O2S2. The second-order valence-electron chi connectivity index (χ2n) is 4.70. The summed E-state index contributed by atoms with van der Waals surface area (Å²) in [6.07, 6.45) is 1.63. The molecule has 2 aromatic carbocycles. The molecule has 0 unspecified atom stereocenters. The fraction of sp³-hybridized carbons (Fsp3) is 0. The summed E-state index contributed by atoms with van der Waals surface area (Å²) >= 11 is 2.54. The molecule has 2 N–H and O–H groups in total. The van der Waals surface area contributed by atoms with E-state index >= 15 is 0 Å². The first kappa shape index (κ1) is 16.4. The predicted molar refractivity (Wildman–Crippen MR) is 90.3 cm³/mol. The minimum absolute atomic E-state index is 0.112. The van der Waals surface area contributed by atoms with Crippen LogP contribution in [0.3, 0.4) is 0 Å². The largest absolute Gasteiger partial charge is 0.478 e. The van der Waals surface area contributed by atoms with Gasteiger partial charge in [-0.15, -0.1) is 11.3 Å². The highest BCUT2D eigenvalue weighted by Crippen LogP contribution is 2.32. The third-order valence-electron chi connectivity index (χ3n) is 3.05. The minimum Gasteiger partial charge on any atom is -0.478 e. The first-order valence-electron chi connectivity index (χ1n) is 6.70. The maximum absolute atomic E-state index is 13.8. The number of aromatic carboxylic acids is 1. The molecule has 0 amide bonds. The van der Waals surface area contributed by atoms with Crippen molar-refractivity contribution in [2.75, 3.05) is 4.72 Å². The Kier molecular flexibility index (Phi) is 4.77. The van der Waals surface area contributed by atoms with Crippen molar-refractivity contribution in [2.24, 2.45) is 0 Å². The number of carboxylic acid groups (broad SMARTS) is 1. The molecule has 1 heterocycles. The number of hydrogen-bond donors (Lipinski definition) is 2. The summed E-state index contributed by atoms with van der Waals surface area (Å²) in [4.78, 5) is 15.0. The van der Waals surface area contributed by atoms with Gasteiger partial charge in [0.05, 0.1) is 17.4 Å². The smallest absolute Gasteiger partial charge is 0.335 e. The van der Waals surface area contributed by atoms with Crippen LogP contribution in [0.1, 0.15) is 10.4 Å². The first-order valence-corrected chi connectivity index (χ1v) is 8.34. The lowest BCUT2D eigenvalue weighted by atomic mass is 10.2. The van der Waals surface area contributed by atoms with Gasteiger partial charge in [-0.05, 0) is 54.4 Å². The summed E-state index contributed by atoms with van der Waals surface area (Å²) < 4.78 is 30.4. The van der Waals surface area contributed by atoms with Gasteiger partial charge in [0.25, 0.3) is 0 Å². The van der Waals surface area contributed by atoms with Crippen LogP contribution in [0.2, 0.25) is 0 Å². The number of halogens is 2. The maximum atomic E-state index is 13.8. The van der Waals surface area contributed by atoms with E-state index in [1.165, 1.54) is 47.6 Å². The van der Waals surface area contributed by atoms with Gasteiger partial charge >= 0.3 is 5.97 Å². The number of benzene rings is 2. The summed E-state index contributed by atoms with van der Waals surface area (Å²) in [7, 11) is 0. The molecule has 0 aliphatic rings. The van der Waals surface area contributed by atoms with E-state index in [2.05, 4.69) is 9.71 Å². The summed E-state index contributed by atoms with van der Waals surface area (Å²) in [5, 5.41) is 9.54. The molecule has 0 saturated heterocycles. The third kappa shape index (κ3) is 3.72. The van der Waals surface area contributed by atoms with Crippen molar-refractivity contribution in [1.29, 1.82) is 0 Å². The quantitative estimate of drug-likeness (QED) is 0.630. The average Bonchev–Trinajstić information content (AvgIpc) is 3.03. The molecule has 24 heavy (non-hydrogen) atoms. The minimum atomic E-state index is -1.18. The van der Waals surface area contributed by atoms with E-state index in [1.54, 1.807) is 18.3 Å². The summed E-state index contributed by atoms with van der Waals surface area (Å²) in [5.74, 6) is -2.14. The second kappa shape index (κ2) is 6.98. The van der Waals surface area contributed by atoms with Crippen molar-refractivity contribution in [1.82, 2.24) is 4.98 Å². The van der Waals surface area contributed by atoms with Crippen molar-refractivity contribution in [3.05, 3.63) is 65.9 Å². The number of thiazole rings is 1. The Bertz CT molecular complexity index is 882. The van der Waals surface area contributed by atoms with Crippen LogP contribution in [-0.2, 0) is 0 Å². The molecule has 1 aromatic heterocycles. The molecule has 0 radical (unpaired) electrons. The van der Waals surface area contributed by atoms with Gasteiger partial charge in [-0.2, -0.15) is 0 Å². The van der Waals surface area contributed by atoms with Crippen LogP contribution in [-0.4, -0.2) is 16.1 Å². The average molecular weight is 364 g/mol. The molecular weight excluding hydrogens is 354 g/mol. The fourth-order valence-corrected chi connectivity index (χ4v) is 3.53. The Morgan fingerprint density at radius 3 is 2.58 bits per heavy atom. The monoisotopic (exact) mass is 364 g/mol. The van der Waals surface area contributed by atoms with Gasteiger partial charge in [-0.3, -0.25) is 0 Å². The summed E-state index contributed by atoms with van der Waals surface area (Å²) in [6.45, 7) is 0. The van der Waals surface area contributed by atoms with E-state index in [9.17, 15) is 13.6 Å². The van der Waals surface area contributed by atoms with Gasteiger partial charge in [0.15, 0.2) is 0 Å². The SMILES string of the molecule is O=C(O)c1ccc(NSc2cnc(-c3ccc(F)cc3)s2)c(F)c1. The number of carbonyl (C=O) groups is 1. The molecule has 0 atom stereocenters. The van der Waals surface area contributed by atoms with E-state index in [-0.39, 0.29) is 17.1 Å². The molecule has 0 fully saturated rings. The van der Waals surface area contributed by atoms with Crippen molar-refractivity contribution < 1.29 is 18.7 Å². The highest BCUT2D eigenvalue weighted by atomic mass is 32.2. The van der Waals surface area contributed by atoms with E-state index in [4.69, 9.17) is 5.11 Å². The molecule has 3 aromatic rings. The molecule has 4 nitrogen and oxygen atoms in total. The van der Waals surface area contributed by atoms with Gasteiger partial charge in [-0.1, -0.05) is 0 Å². The lowest BCUT2D eigenvalue weighted by molar-refractivity contribution is 0.0696. The number of rotatable bonds is 5. The Morgan fingerprint density at radius 2 is 1.92 bits per heavy atom. The van der Waals surface area contributed by atoms with Crippen LogP contribution in [0.4, 0.5) is 14.5 Å². The van der Waals surface area contributed by atoms with E-state index in [0.29, 0.717) is 0 Å². The van der Waals surface area contributed by atoms with E-state index < -0.39 is 11.8 Å². The number of nitrogens with one attached hydrogen (secondary N) is 1. The third-order valence-corrected chi connectivity index (χ3v) is 5.02. The maximum Gasteiger partial charge on any atom is 0.335 e. The molecule has 3 rings (SSSR count). The lowest BCUT2D eigenvalue weighted by Crippen LogP contribution is -1.98. The number of hydrogen-bond acceptors (Lipinski definition) is 5. The van der Waals surface area contributed by atoms with Crippen molar-refractivity contribution in [3.63, 3.8) is 0 Å². The van der Waals surface area contributed by atoms with Crippen LogP contribution < -0.4 is 4.72 Å². The molecule has 0 bridgehead atoms. The fourth-order valence-electron chi connectivity index (χ4n) is 1.87. The summed E-state index contributed by atoms with van der Waals surface area (Å²) in [6, 6.07) is 9.66. The topological polar surface area (TPSA) is 62.2 Å². The first-order chi connectivity index (χ1) is 11.5. The molecule has 0 saturated carbocycles. The molecule has 8 heteroatoms. The zero-order valence-corrected chi connectivity index (χ0v) is 13.6. The lowest BCUT2D eigenvalue weighted by Gasteiger charge is -2.05. The molecule has 0 spiro atoms. The zero-order chi connectivity index (χ0) is 17.1. The summed E-state index contributed by atoms with van der Waals surface area (Å²) in [5.41, 5.74) is 0.867. The van der Waals surface area contributed by atoms with Crippen molar-refractivity contribution in [3.8, 4) is 10.6 Å². The van der Waals surface area contributed by atoms with E-state index in [1.807, 2.05) is 0 Å². The van der Waals surface area contributed by atoms with Crippen LogP contribution >= 0.6 is 23.3 Å². The standard InChI is InChI=1S/C16H10F2N2O2S2/c17-11-4-1-9(2-5-11)15-19-8-14(23-15)24-20-13-6-3-10(16(21)22)7-12(13)18/h1-8,20H,(H,21,22). The highest BCUT2D eigenvalue weighted by Gasteiger charge is 2.10. The van der Waals surface area contributed by atoms with Gasteiger partial charge in [0.2, 0.25) is 0 Å². The normalized spacial score (nSPS) is 10.6. The highest BCUT2D eigenvalue weighted by molar-refractivity contribution is 8.02. The second-order valence-corrected chi connectivity index (χ2v) is 6.83. The van der Waals surface area contributed by atoms with E-state index in [0.717, 1.165) is 20.8 Å². The van der Waals surface area contributed by atoms with Gasteiger partial charge < -0.3 is 9.83 Å². The van der Waals surface area contributed by atoms with Crippen molar-refractivity contribution in [2.45, 2.75) is 4.21 Å². The van der Waals surface area contributed by atoms with Crippen LogP contribution in [0.5, 0.6) is 0 Å². The Labute approximate surface area is 144 Å². The number of nitrogens with zero attached hydrogens (tertiary/aromatic N) is 1. The number of carboxylic acids is 1. The Morgan fingerprint density at radius 1 is 1.17 bits per heavy atom. The zero-order valence-electron chi connectivity index (χ0n) is 12.0. The predicted octanol–water partition coefficient (Wildman–Crippen LogP) is 4.91. The molecule has 0 aliphatic heterocycles.